The zero-order chi connectivity index (χ0) is 14.4. The predicted octanol–water partition coefficient (Wildman–Crippen LogP) is 1.65. The molecule has 0 aliphatic heterocycles. The molecule has 0 bridgehead atoms. The number of ether oxygens (including phenoxy) is 1. The molecule has 19 heavy (non-hydrogen) atoms. The summed E-state index contributed by atoms with van der Waals surface area (Å²) in [6.45, 7) is 5.66. The van der Waals surface area contributed by atoms with Crippen molar-refractivity contribution in [1.82, 2.24) is 5.32 Å². The van der Waals surface area contributed by atoms with Gasteiger partial charge in [0.05, 0.1) is 12.0 Å². The van der Waals surface area contributed by atoms with E-state index < -0.39 is 5.97 Å². The summed E-state index contributed by atoms with van der Waals surface area (Å²) in [6.07, 6.45) is 0.148. The third kappa shape index (κ3) is 4.99. The first kappa shape index (κ1) is 15.0. The first-order valence-electron chi connectivity index (χ1n) is 6.22. The zero-order valence-corrected chi connectivity index (χ0v) is 11.5. The van der Waals surface area contributed by atoms with Crippen molar-refractivity contribution in [3.05, 3.63) is 29.3 Å². The number of hydrogen-bond donors (Lipinski definition) is 2. The number of rotatable bonds is 5. The van der Waals surface area contributed by atoms with E-state index in [1.54, 1.807) is 12.1 Å². The van der Waals surface area contributed by atoms with Gasteiger partial charge in [-0.3, -0.25) is 4.79 Å². The van der Waals surface area contributed by atoms with Crippen molar-refractivity contribution >= 4 is 17.6 Å². The lowest BCUT2D eigenvalue weighted by Crippen LogP contribution is -2.31. The van der Waals surface area contributed by atoms with Gasteiger partial charge in [-0.1, -0.05) is 11.6 Å². The third-order valence-electron chi connectivity index (χ3n) is 2.44. The Hall–Kier alpha value is -2.04. The third-order valence-corrected chi connectivity index (χ3v) is 2.44. The molecule has 0 aliphatic rings. The number of esters is 1. The van der Waals surface area contributed by atoms with Crippen molar-refractivity contribution < 1.29 is 14.3 Å². The number of carbonyl (C=O) groups is 2. The number of anilines is 1. The molecule has 104 valence electrons. The van der Waals surface area contributed by atoms with Gasteiger partial charge in [0.1, 0.15) is 6.61 Å². The van der Waals surface area contributed by atoms with E-state index in [9.17, 15) is 9.59 Å². The smallest absolute Gasteiger partial charge is 0.340 e. The minimum atomic E-state index is -0.501. The molecule has 0 spiro atoms. The summed E-state index contributed by atoms with van der Waals surface area (Å²) in [5, 5.41) is 2.72. The molecule has 0 aliphatic carbocycles. The molecule has 3 N–H and O–H groups in total. The van der Waals surface area contributed by atoms with Gasteiger partial charge in [0, 0.05) is 11.7 Å². The molecule has 0 atom stereocenters. The Labute approximate surface area is 113 Å². The van der Waals surface area contributed by atoms with Gasteiger partial charge in [0.2, 0.25) is 5.91 Å². The van der Waals surface area contributed by atoms with E-state index in [4.69, 9.17) is 10.5 Å². The van der Waals surface area contributed by atoms with Gasteiger partial charge in [-0.15, -0.1) is 0 Å². The molecule has 0 saturated heterocycles. The predicted molar refractivity (Wildman–Crippen MR) is 73.8 cm³/mol. The van der Waals surface area contributed by atoms with Crippen LogP contribution in [-0.2, 0) is 9.53 Å². The van der Waals surface area contributed by atoms with E-state index in [0.717, 1.165) is 5.56 Å². The SMILES string of the molecule is Cc1ccc(N)c(C(=O)OCCC(=O)NC(C)C)c1. The molecular formula is C14H20N2O3. The average molecular weight is 264 g/mol. The largest absolute Gasteiger partial charge is 0.461 e. The number of benzene rings is 1. The second-order valence-corrected chi connectivity index (χ2v) is 4.70. The summed E-state index contributed by atoms with van der Waals surface area (Å²) in [5.74, 6) is -0.640. The normalized spacial score (nSPS) is 10.3. The minimum absolute atomic E-state index is 0.0464. The molecule has 5 nitrogen and oxygen atoms in total. The number of nitrogens with one attached hydrogen (secondary N) is 1. The van der Waals surface area contributed by atoms with Crippen molar-refractivity contribution in [2.75, 3.05) is 12.3 Å². The number of carbonyl (C=O) groups excluding carboxylic acids is 2. The van der Waals surface area contributed by atoms with Crippen LogP contribution < -0.4 is 11.1 Å². The molecular weight excluding hydrogens is 244 g/mol. The highest BCUT2D eigenvalue weighted by atomic mass is 16.5. The van der Waals surface area contributed by atoms with Crippen molar-refractivity contribution in [3.63, 3.8) is 0 Å². The standard InChI is InChI=1S/C14H20N2O3/c1-9(2)16-13(17)6-7-19-14(18)11-8-10(3)4-5-12(11)15/h4-5,8-9H,6-7,15H2,1-3H3,(H,16,17). The lowest BCUT2D eigenvalue weighted by Gasteiger charge is -2.09. The van der Waals surface area contributed by atoms with Crippen LogP contribution in [0, 0.1) is 6.92 Å². The van der Waals surface area contributed by atoms with E-state index in [1.807, 2.05) is 26.8 Å². The molecule has 1 aromatic rings. The summed E-state index contributed by atoms with van der Waals surface area (Å²) in [5.41, 5.74) is 7.35. The highest BCUT2D eigenvalue weighted by Gasteiger charge is 2.12. The van der Waals surface area contributed by atoms with Crippen LogP contribution in [0.3, 0.4) is 0 Å². The highest BCUT2D eigenvalue weighted by molar-refractivity contribution is 5.95. The fraction of sp³-hybridized carbons (Fsp3) is 0.429. The fourth-order valence-corrected chi connectivity index (χ4v) is 1.56. The van der Waals surface area contributed by atoms with Crippen LogP contribution in [0.1, 0.15) is 36.2 Å². The minimum Gasteiger partial charge on any atom is -0.461 e. The lowest BCUT2D eigenvalue weighted by atomic mass is 10.1. The molecule has 1 aromatic carbocycles. The lowest BCUT2D eigenvalue weighted by molar-refractivity contribution is -0.122. The van der Waals surface area contributed by atoms with Gasteiger partial charge in [-0.2, -0.15) is 0 Å². The van der Waals surface area contributed by atoms with Crippen LogP contribution >= 0.6 is 0 Å². The summed E-state index contributed by atoms with van der Waals surface area (Å²) < 4.78 is 5.04. The monoisotopic (exact) mass is 264 g/mol. The molecule has 0 unspecified atom stereocenters. The first-order chi connectivity index (χ1) is 8.90. The number of nitrogens with two attached hydrogens (primary N) is 1. The molecule has 0 radical (unpaired) electrons. The highest BCUT2D eigenvalue weighted by Crippen LogP contribution is 2.14. The van der Waals surface area contributed by atoms with Crippen LogP contribution in [0.2, 0.25) is 0 Å². The van der Waals surface area contributed by atoms with E-state index in [0.29, 0.717) is 11.3 Å². The van der Waals surface area contributed by atoms with Gasteiger partial charge in [0.15, 0.2) is 0 Å². The second kappa shape index (κ2) is 6.78. The maximum absolute atomic E-state index is 11.8. The van der Waals surface area contributed by atoms with Gasteiger partial charge in [-0.25, -0.2) is 4.79 Å². The summed E-state index contributed by atoms with van der Waals surface area (Å²) >= 11 is 0. The Kier molecular flexibility index (Phi) is 5.36. The van der Waals surface area contributed by atoms with Crippen molar-refractivity contribution in [1.29, 1.82) is 0 Å². The molecule has 0 aromatic heterocycles. The van der Waals surface area contributed by atoms with Gasteiger partial charge >= 0.3 is 5.97 Å². The van der Waals surface area contributed by atoms with Crippen LogP contribution in [0.4, 0.5) is 5.69 Å². The Morgan fingerprint density at radius 2 is 2.05 bits per heavy atom. The van der Waals surface area contributed by atoms with Crippen molar-refractivity contribution in [2.24, 2.45) is 0 Å². The summed E-state index contributed by atoms with van der Waals surface area (Å²) in [4.78, 5) is 23.2. The topological polar surface area (TPSA) is 81.4 Å². The van der Waals surface area contributed by atoms with Crippen molar-refractivity contribution in [2.45, 2.75) is 33.2 Å². The second-order valence-electron chi connectivity index (χ2n) is 4.70. The van der Waals surface area contributed by atoms with Crippen LogP contribution in [-0.4, -0.2) is 24.5 Å². The van der Waals surface area contributed by atoms with E-state index in [1.165, 1.54) is 0 Å². The van der Waals surface area contributed by atoms with Gasteiger partial charge in [-0.05, 0) is 32.9 Å². The molecule has 1 amide bonds. The maximum Gasteiger partial charge on any atom is 0.340 e. The van der Waals surface area contributed by atoms with Crippen LogP contribution in [0.25, 0.3) is 0 Å². The summed E-state index contributed by atoms with van der Waals surface area (Å²) in [6, 6.07) is 5.24. The Morgan fingerprint density at radius 3 is 2.68 bits per heavy atom. The Bertz CT molecular complexity index is 470. The van der Waals surface area contributed by atoms with Gasteiger partial charge < -0.3 is 15.8 Å². The number of aryl methyl sites for hydroxylation is 1. The summed E-state index contributed by atoms with van der Waals surface area (Å²) in [7, 11) is 0. The van der Waals surface area contributed by atoms with Crippen LogP contribution in [0.15, 0.2) is 18.2 Å². The molecule has 1 rings (SSSR count). The van der Waals surface area contributed by atoms with Crippen LogP contribution in [0.5, 0.6) is 0 Å². The number of amides is 1. The molecule has 0 saturated carbocycles. The Balaban J connectivity index is 2.48. The maximum atomic E-state index is 11.8. The quantitative estimate of drug-likeness (QED) is 0.626. The van der Waals surface area contributed by atoms with E-state index in [-0.39, 0.29) is 25.0 Å². The van der Waals surface area contributed by atoms with E-state index in [2.05, 4.69) is 5.32 Å². The molecule has 0 fully saturated rings. The molecule has 0 heterocycles. The van der Waals surface area contributed by atoms with Gasteiger partial charge in [0.25, 0.3) is 0 Å². The molecule has 5 heteroatoms. The Morgan fingerprint density at radius 1 is 1.37 bits per heavy atom. The zero-order valence-electron chi connectivity index (χ0n) is 11.5. The first-order valence-corrected chi connectivity index (χ1v) is 6.22. The van der Waals surface area contributed by atoms with Crippen molar-refractivity contribution in [3.8, 4) is 0 Å². The fourth-order valence-electron chi connectivity index (χ4n) is 1.56. The number of hydrogen-bond acceptors (Lipinski definition) is 4. The number of nitrogen functional groups attached to an aromatic ring is 1. The van der Waals surface area contributed by atoms with E-state index >= 15 is 0 Å². The average Bonchev–Trinajstić information content (AvgIpc) is 2.31.